The van der Waals surface area contributed by atoms with Gasteiger partial charge in [0, 0.05) is 12.7 Å². The van der Waals surface area contributed by atoms with Crippen molar-refractivity contribution in [2.45, 2.75) is 13.0 Å². The van der Waals surface area contributed by atoms with E-state index in [0.29, 0.717) is 6.54 Å². The van der Waals surface area contributed by atoms with Crippen LogP contribution in [-0.4, -0.2) is 18.0 Å². The fourth-order valence-electron chi connectivity index (χ4n) is 0.671. The van der Waals surface area contributed by atoms with Crippen LogP contribution in [0.3, 0.4) is 0 Å². The Balaban J connectivity index is 2.36. The Kier molecular flexibility index (Phi) is 1.46. The van der Waals surface area contributed by atoms with Crippen LogP contribution >= 0.6 is 0 Å². The lowest BCUT2D eigenvalue weighted by Gasteiger charge is -2.11. The summed E-state index contributed by atoms with van der Waals surface area (Å²) in [6.07, 6.45) is 3.93. The molecular weight excluding hydrogens is 112 g/mol. The summed E-state index contributed by atoms with van der Waals surface area (Å²) in [6, 6.07) is 0. The summed E-state index contributed by atoms with van der Waals surface area (Å²) in [6.45, 7) is -1.84. The van der Waals surface area contributed by atoms with Crippen LogP contribution in [0.2, 0.25) is 0 Å². The van der Waals surface area contributed by atoms with Crippen molar-refractivity contribution in [3.63, 3.8) is 0 Å². The fraction of sp³-hybridized carbons (Fsp3) is 0.600. The van der Waals surface area contributed by atoms with E-state index in [1.165, 1.54) is 6.20 Å². The van der Waals surface area contributed by atoms with Crippen LogP contribution in [0, 0.1) is 0 Å². The second-order valence-corrected chi connectivity index (χ2v) is 1.69. The molecular formula is C5H7F2N. The minimum atomic E-state index is -2.31. The summed E-state index contributed by atoms with van der Waals surface area (Å²) in [7, 11) is 0. The molecule has 8 heavy (non-hydrogen) atoms. The molecule has 1 nitrogen and oxygen atoms in total. The molecule has 0 aromatic heterocycles. The van der Waals surface area contributed by atoms with Crippen LogP contribution in [0.15, 0.2) is 12.3 Å². The van der Waals surface area contributed by atoms with E-state index in [1.54, 1.807) is 6.08 Å². The summed E-state index contributed by atoms with van der Waals surface area (Å²) < 4.78 is 23.2. The summed E-state index contributed by atoms with van der Waals surface area (Å²) in [4.78, 5) is 1.01. The Hall–Kier alpha value is -0.600. The van der Waals surface area contributed by atoms with Crippen LogP contribution < -0.4 is 0 Å². The Labute approximate surface area is 46.6 Å². The minimum absolute atomic E-state index is 0.470. The third kappa shape index (κ3) is 0.967. The average molecular weight is 119 g/mol. The van der Waals surface area contributed by atoms with Crippen LogP contribution in [-0.2, 0) is 0 Å². The molecule has 0 fully saturated rings. The predicted octanol–water partition coefficient (Wildman–Crippen LogP) is 1.43. The lowest BCUT2D eigenvalue weighted by atomic mass is 10.5. The van der Waals surface area contributed by atoms with Gasteiger partial charge in [0.1, 0.15) is 0 Å². The quantitative estimate of drug-likeness (QED) is 0.472. The monoisotopic (exact) mass is 119 g/mol. The summed E-state index contributed by atoms with van der Waals surface area (Å²) in [5.41, 5.74) is 0. The Bertz CT molecular complexity index is 101. The molecule has 46 valence electrons. The normalized spacial score (nSPS) is 18.6. The predicted molar refractivity (Wildman–Crippen MR) is 26.5 cm³/mol. The number of alkyl halides is 2. The molecule has 0 spiro atoms. The van der Waals surface area contributed by atoms with Gasteiger partial charge in [0.15, 0.2) is 0 Å². The first-order valence-corrected chi connectivity index (χ1v) is 2.51. The van der Waals surface area contributed by atoms with Crippen molar-refractivity contribution in [1.29, 1.82) is 0 Å². The molecule has 3 heteroatoms. The SMILES string of the molecule is FC(F)N1C=CCC1. The van der Waals surface area contributed by atoms with Crippen molar-refractivity contribution in [3.05, 3.63) is 12.3 Å². The van der Waals surface area contributed by atoms with Crippen molar-refractivity contribution < 1.29 is 8.78 Å². The Morgan fingerprint density at radius 2 is 2.25 bits per heavy atom. The lowest BCUT2D eigenvalue weighted by molar-refractivity contribution is 0.0122. The zero-order chi connectivity index (χ0) is 5.98. The van der Waals surface area contributed by atoms with Crippen molar-refractivity contribution in [1.82, 2.24) is 4.90 Å². The van der Waals surface area contributed by atoms with Gasteiger partial charge in [0.05, 0.1) is 0 Å². The zero-order valence-corrected chi connectivity index (χ0v) is 4.35. The van der Waals surface area contributed by atoms with Gasteiger partial charge in [0.25, 0.3) is 0 Å². The topological polar surface area (TPSA) is 3.24 Å². The second kappa shape index (κ2) is 2.11. The molecule has 1 aliphatic heterocycles. The molecule has 1 rings (SSSR count). The van der Waals surface area contributed by atoms with E-state index in [1.807, 2.05) is 0 Å². The van der Waals surface area contributed by atoms with E-state index in [4.69, 9.17) is 0 Å². The van der Waals surface area contributed by atoms with Crippen LogP contribution in [0.1, 0.15) is 6.42 Å². The second-order valence-electron chi connectivity index (χ2n) is 1.69. The molecule has 0 unspecified atom stereocenters. The highest BCUT2D eigenvalue weighted by molar-refractivity contribution is 4.90. The number of hydrogen-bond acceptors (Lipinski definition) is 1. The van der Waals surface area contributed by atoms with Gasteiger partial charge in [-0.15, -0.1) is 0 Å². The van der Waals surface area contributed by atoms with E-state index < -0.39 is 6.55 Å². The summed E-state index contributed by atoms with van der Waals surface area (Å²) in [5.74, 6) is 0. The first kappa shape index (κ1) is 5.54. The molecule has 0 radical (unpaired) electrons. The molecule has 0 aromatic carbocycles. The van der Waals surface area contributed by atoms with E-state index in [2.05, 4.69) is 0 Å². The molecule has 1 heterocycles. The first-order chi connectivity index (χ1) is 3.80. The first-order valence-electron chi connectivity index (χ1n) is 2.51. The minimum Gasteiger partial charge on any atom is -0.323 e. The lowest BCUT2D eigenvalue weighted by Crippen LogP contribution is -2.20. The largest absolute Gasteiger partial charge is 0.323 e. The van der Waals surface area contributed by atoms with Gasteiger partial charge < -0.3 is 4.90 Å². The van der Waals surface area contributed by atoms with Gasteiger partial charge in [-0.05, 0) is 6.42 Å². The third-order valence-electron chi connectivity index (χ3n) is 1.10. The van der Waals surface area contributed by atoms with Gasteiger partial charge in [-0.1, -0.05) is 6.08 Å². The summed E-state index contributed by atoms with van der Waals surface area (Å²) in [5, 5.41) is 0. The van der Waals surface area contributed by atoms with E-state index in [0.717, 1.165) is 11.3 Å². The van der Waals surface area contributed by atoms with Crippen LogP contribution in [0.4, 0.5) is 8.78 Å². The molecule has 1 aliphatic rings. The van der Waals surface area contributed by atoms with Crippen molar-refractivity contribution in [2.24, 2.45) is 0 Å². The van der Waals surface area contributed by atoms with Gasteiger partial charge in [0.2, 0.25) is 0 Å². The van der Waals surface area contributed by atoms with Crippen molar-refractivity contribution >= 4 is 0 Å². The number of rotatable bonds is 1. The molecule has 0 bridgehead atoms. The number of nitrogens with zero attached hydrogens (tertiary/aromatic N) is 1. The summed E-state index contributed by atoms with van der Waals surface area (Å²) >= 11 is 0. The molecule has 0 atom stereocenters. The molecule has 0 amide bonds. The van der Waals surface area contributed by atoms with E-state index in [9.17, 15) is 8.78 Å². The molecule has 0 N–H and O–H groups in total. The average Bonchev–Trinajstić information content (AvgIpc) is 2.12. The molecule has 0 aliphatic carbocycles. The maximum absolute atomic E-state index is 11.6. The highest BCUT2D eigenvalue weighted by Gasteiger charge is 2.12. The van der Waals surface area contributed by atoms with E-state index >= 15 is 0 Å². The van der Waals surface area contributed by atoms with Crippen LogP contribution in [0.25, 0.3) is 0 Å². The standard InChI is InChI=1S/C5H7F2N/c6-5(7)8-3-1-2-4-8/h1,3,5H,2,4H2. The molecule has 0 saturated heterocycles. The highest BCUT2D eigenvalue weighted by Crippen LogP contribution is 2.10. The molecule has 0 saturated carbocycles. The van der Waals surface area contributed by atoms with Gasteiger partial charge in [-0.2, -0.15) is 8.78 Å². The zero-order valence-electron chi connectivity index (χ0n) is 4.35. The molecule has 0 aromatic rings. The van der Waals surface area contributed by atoms with Crippen molar-refractivity contribution in [2.75, 3.05) is 6.54 Å². The van der Waals surface area contributed by atoms with Crippen LogP contribution in [0.5, 0.6) is 0 Å². The van der Waals surface area contributed by atoms with Crippen molar-refractivity contribution in [3.8, 4) is 0 Å². The van der Waals surface area contributed by atoms with Gasteiger partial charge >= 0.3 is 6.55 Å². The smallest absolute Gasteiger partial charge is 0.314 e. The van der Waals surface area contributed by atoms with Gasteiger partial charge in [-0.3, -0.25) is 0 Å². The number of halogens is 2. The maximum Gasteiger partial charge on any atom is 0.314 e. The fourth-order valence-corrected chi connectivity index (χ4v) is 0.671. The Morgan fingerprint density at radius 3 is 2.50 bits per heavy atom. The van der Waals surface area contributed by atoms with Gasteiger partial charge in [-0.25, -0.2) is 0 Å². The maximum atomic E-state index is 11.6. The number of hydrogen-bond donors (Lipinski definition) is 0. The Morgan fingerprint density at radius 1 is 1.50 bits per heavy atom. The third-order valence-corrected chi connectivity index (χ3v) is 1.10. The van der Waals surface area contributed by atoms with E-state index in [-0.39, 0.29) is 0 Å². The highest BCUT2D eigenvalue weighted by atomic mass is 19.3.